The summed E-state index contributed by atoms with van der Waals surface area (Å²) in [6.07, 6.45) is -6.93. The highest BCUT2D eigenvalue weighted by Crippen LogP contribution is 2.43. The minimum Gasteiger partial charge on any atom is -0.344 e. The first kappa shape index (κ1) is 33.2. The largest absolute Gasteiger partial charge is 0.408 e. The number of alkyl halides is 7. The van der Waals surface area contributed by atoms with Crippen LogP contribution >= 0.6 is 0 Å². The van der Waals surface area contributed by atoms with Crippen LogP contribution in [-0.2, 0) is 17.6 Å². The van der Waals surface area contributed by atoms with E-state index in [1.165, 1.54) is 23.0 Å². The molecular weight excluding hydrogens is 655 g/mol. The van der Waals surface area contributed by atoms with Gasteiger partial charge >= 0.3 is 6.18 Å². The molecule has 4 aromatic rings. The molecule has 5 heterocycles. The minimum atomic E-state index is -4.68. The van der Waals surface area contributed by atoms with Gasteiger partial charge < -0.3 is 10.6 Å². The van der Waals surface area contributed by atoms with Crippen LogP contribution in [0.15, 0.2) is 35.2 Å². The molecular formula is C29H28F7N9O3. The van der Waals surface area contributed by atoms with Gasteiger partial charge in [-0.1, -0.05) is 0 Å². The molecule has 4 aromatic heterocycles. The minimum absolute atomic E-state index is 0.0246. The van der Waals surface area contributed by atoms with Gasteiger partial charge in [0.15, 0.2) is 11.3 Å². The van der Waals surface area contributed by atoms with Crippen molar-refractivity contribution in [1.82, 2.24) is 45.7 Å². The van der Waals surface area contributed by atoms with E-state index in [2.05, 4.69) is 45.9 Å². The third kappa shape index (κ3) is 6.80. The van der Waals surface area contributed by atoms with Crippen molar-refractivity contribution in [2.24, 2.45) is 11.3 Å². The predicted octanol–water partition coefficient (Wildman–Crippen LogP) is 4.67. The SMILES string of the molecule is Cc1ccc(C[C@]2(Cc3cnn4cc([C@@H](NC(=O)c5nonc5C(F)F)C5CCC(F)(F)CC5)nc4c3)C[C@@H](C(F)(F)F)NC2=O)nn1. The van der Waals surface area contributed by atoms with Crippen LogP contribution in [0.3, 0.4) is 0 Å². The molecule has 3 atom stereocenters. The zero-order chi connectivity index (χ0) is 34.4. The lowest BCUT2D eigenvalue weighted by molar-refractivity contribution is -0.155. The molecule has 0 bridgehead atoms. The fraction of sp³-hybridized carbons (Fsp3) is 0.517. The monoisotopic (exact) mass is 683 g/mol. The van der Waals surface area contributed by atoms with Gasteiger partial charge in [0.25, 0.3) is 12.3 Å². The average molecular weight is 684 g/mol. The summed E-state index contributed by atoms with van der Waals surface area (Å²) in [6, 6.07) is 1.63. The number of fused-ring (bicyclic) bond motifs is 1. The second kappa shape index (κ2) is 12.4. The molecule has 2 amide bonds. The Morgan fingerprint density at radius 3 is 2.54 bits per heavy atom. The number of halogens is 7. The number of amides is 2. The van der Waals surface area contributed by atoms with Crippen LogP contribution in [-0.4, -0.2) is 65.1 Å². The first-order valence-corrected chi connectivity index (χ1v) is 14.9. The highest BCUT2D eigenvalue weighted by atomic mass is 19.4. The van der Waals surface area contributed by atoms with E-state index in [0.717, 1.165) is 0 Å². The van der Waals surface area contributed by atoms with E-state index >= 15 is 0 Å². The first-order chi connectivity index (χ1) is 22.6. The van der Waals surface area contributed by atoms with Crippen LogP contribution in [0.1, 0.15) is 83.4 Å². The number of aryl methyl sites for hydroxylation is 1. The highest BCUT2D eigenvalue weighted by molar-refractivity contribution is 5.93. The summed E-state index contributed by atoms with van der Waals surface area (Å²) in [7, 11) is 0. The zero-order valence-electron chi connectivity index (χ0n) is 25.1. The third-order valence-electron chi connectivity index (χ3n) is 8.86. The number of carbonyl (C=O) groups is 2. The van der Waals surface area contributed by atoms with E-state index in [-0.39, 0.29) is 37.0 Å². The molecule has 0 aromatic carbocycles. The molecule has 2 fully saturated rings. The smallest absolute Gasteiger partial charge is 0.344 e. The molecule has 1 aliphatic heterocycles. The number of hydrogen-bond donors (Lipinski definition) is 2. The van der Waals surface area contributed by atoms with E-state index in [1.54, 1.807) is 19.1 Å². The number of rotatable bonds is 9. The molecule has 0 spiro atoms. The van der Waals surface area contributed by atoms with Gasteiger partial charge in [0, 0.05) is 19.3 Å². The van der Waals surface area contributed by atoms with Crippen molar-refractivity contribution in [3.05, 3.63) is 64.6 Å². The summed E-state index contributed by atoms with van der Waals surface area (Å²) >= 11 is 0. The van der Waals surface area contributed by atoms with Gasteiger partial charge in [0.1, 0.15) is 6.04 Å². The van der Waals surface area contributed by atoms with E-state index in [9.17, 15) is 40.3 Å². The van der Waals surface area contributed by atoms with Crippen LogP contribution in [0.2, 0.25) is 0 Å². The lowest BCUT2D eigenvalue weighted by atomic mass is 9.75. The Kier molecular flexibility index (Phi) is 8.57. The molecule has 1 aliphatic carbocycles. The molecule has 2 N–H and O–H groups in total. The fourth-order valence-corrected chi connectivity index (χ4v) is 6.38. The summed E-state index contributed by atoms with van der Waals surface area (Å²) in [6.45, 7) is 1.69. The van der Waals surface area contributed by atoms with E-state index < -0.39 is 84.4 Å². The number of nitrogens with zero attached hydrogens (tertiary/aromatic N) is 7. The summed E-state index contributed by atoms with van der Waals surface area (Å²) < 4.78 is 102. The molecule has 0 unspecified atom stereocenters. The predicted molar refractivity (Wildman–Crippen MR) is 149 cm³/mol. The Labute approximate surface area is 266 Å². The Bertz CT molecular complexity index is 1800. The van der Waals surface area contributed by atoms with Crippen molar-refractivity contribution < 1.29 is 45.0 Å². The zero-order valence-corrected chi connectivity index (χ0v) is 25.1. The number of hydrogen-bond acceptors (Lipinski definition) is 9. The molecule has 6 rings (SSSR count). The van der Waals surface area contributed by atoms with Gasteiger partial charge in [-0.2, -0.15) is 28.5 Å². The van der Waals surface area contributed by atoms with Crippen LogP contribution in [0.5, 0.6) is 0 Å². The van der Waals surface area contributed by atoms with Gasteiger partial charge in [0.05, 0.1) is 40.9 Å². The number of aromatic nitrogens is 7. The highest BCUT2D eigenvalue weighted by Gasteiger charge is 2.55. The van der Waals surface area contributed by atoms with Gasteiger partial charge in [-0.3, -0.25) is 9.59 Å². The molecule has 12 nitrogen and oxygen atoms in total. The van der Waals surface area contributed by atoms with Crippen molar-refractivity contribution in [2.75, 3.05) is 0 Å². The van der Waals surface area contributed by atoms with Gasteiger partial charge in [-0.15, -0.1) is 0 Å². The lowest BCUT2D eigenvalue weighted by Gasteiger charge is -2.33. The van der Waals surface area contributed by atoms with Crippen LogP contribution < -0.4 is 10.6 Å². The Morgan fingerprint density at radius 2 is 1.90 bits per heavy atom. The van der Waals surface area contributed by atoms with E-state index in [4.69, 9.17) is 0 Å². The van der Waals surface area contributed by atoms with Crippen LogP contribution in [0.4, 0.5) is 30.7 Å². The molecule has 1 saturated carbocycles. The Balaban J connectivity index is 1.31. The van der Waals surface area contributed by atoms with E-state index in [0.29, 0.717) is 17.0 Å². The lowest BCUT2D eigenvalue weighted by Crippen LogP contribution is -2.39. The van der Waals surface area contributed by atoms with Crippen molar-refractivity contribution in [3.63, 3.8) is 0 Å². The Morgan fingerprint density at radius 1 is 1.15 bits per heavy atom. The number of carbonyl (C=O) groups excluding carboxylic acids is 2. The molecule has 48 heavy (non-hydrogen) atoms. The molecule has 256 valence electrons. The molecule has 2 aliphatic rings. The number of imidazole rings is 1. The van der Waals surface area contributed by atoms with Gasteiger partial charge in [-0.05, 0) is 72.6 Å². The van der Waals surface area contributed by atoms with Crippen molar-refractivity contribution >= 4 is 17.5 Å². The first-order valence-electron chi connectivity index (χ1n) is 14.9. The fourth-order valence-electron chi connectivity index (χ4n) is 6.38. The van der Waals surface area contributed by atoms with Crippen molar-refractivity contribution in [2.45, 2.75) is 82.5 Å². The average Bonchev–Trinajstić information content (AvgIpc) is 3.75. The second-order valence-electron chi connectivity index (χ2n) is 12.3. The maximum atomic E-state index is 14.0. The molecule has 19 heteroatoms. The maximum Gasteiger partial charge on any atom is 0.408 e. The summed E-state index contributed by atoms with van der Waals surface area (Å²) in [4.78, 5) is 30.8. The van der Waals surface area contributed by atoms with E-state index in [1.807, 2.05) is 0 Å². The number of nitrogens with one attached hydrogen (secondary N) is 2. The quantitative estimate of drug-likeness (QED) is 0.240. The van der Waals surface area contributed by atoms with Crippen LogP contribution in [0, 0.1) is 18.3 Å². The third-order valence-corrected chi connectivity index (χ3v) is 8.86. The van der Waals surface area contributed by atoms with Crippen LogP contribution in [0.25, 0.3) is 5.65 Å². The van der Waals surface area contributed by atoms with Crippen molar-refractivity contribution in [1.29, 1.82) is 0 Å². The summed E-state index contributed by atoms with van der Waals surface area (Å²) in [5.74, 6) is -5.37. The summed E-state index contributed by atoms with van der Waals surface area (Å²) in [5, 5.41) is 23.3. The topological polar surface area (TPSA) is 153 Å². The second-order valence-corrected chi connectivity index (χ2v) is 12.3. The molecule has 1 saturated heterocycles. The van der Waals surface area contributed by atoms with Gasteiger partial charge in [-0.25, -0.2) is 31.7 Å². The molecule has 0 radical (unpaired) electrons. The van der Waals surface area contributed by atoms with Gasteiger partial charge in [0.2, 0.25) is 17.5 Å². The maximum absolute atomic E-state index is 14.0. The normalized spacial score (nSPS) is 22.3. The summed E-state index contributed by atoms with van der Waals surface area (Å²) in [5.41, 5.74) is -1.69. The van der Waals surface area contributed by atoms with Crippen molar-refractivity contribution in [3.8, 4) is 0 Å². The Hall–Kier alpha value is -4.71. The standard InChI is InChI=1S/C29H28F7N9O3/c1-14-2-3-17(42-41-14)10-27(11-19(29(34,35)36)39-26(27)47)9-15-8-20-38-18(13-45(20)37-12-15)21(16-4-6-28(32,33)7-5-16)40-25(46)23-22(24(30)31)43-48-44-23/h2-3,8,12-13,16,19,21,24H,4-7,9-11H2,1H3,(H,39,47)(H,40,46)/t19-,21-,27+/m0/s1.